The highest BCUT2D eigenvalue weighted by Crippen LogP contribution is 2.24. The van der Waals surface area contributed by atoms with E-state index in [1.54, 1.807) is 10.8 Å². The minimum atomic E-state index is -1.05. The lowest BCUT2D eigenvalue weighted by Crippen LogP contribution is -2.32. The van der Waals surface area contributed by atoms with Crippen molar-refractivity contribution in [3.05, 3.63) is 18.2 Å². The van der Waals surface area contributed by atoms with E-state index in [0.29, 0.717) is 5.69 Å². The van der Waals surface area contributed by atoms with Crippen molar-refractivity contribution in [1.82, 2.24) is 9.55 Å². The van der Waals surface area contributed by atoms with Gasteiger partial charge in [0.1, 0.15) is 13.6 Å². The average molecular weight is 255 g/mol. The first-order valence-electron chi connectivity index (χ1n) is 5.09. The van der Waals surface area contributed by atoms with E-state index < -0.39 is 19.8 Å². The van der Waals surface area contributed by atoms with Crippen molar-refractivity contribution < 1.29 is 14.7 Å². The summed E-state index contributed by atoms with van der Waals surface area (Å²) >= 11 is 0. The third-order valence-corrected chi connectivity index (χ3v) is 3.39. The van der Waals surface area contributed by atoms with Gasteiger partial charge in [0.2, 0.25) is 0 Å². The highest BCUT2D eigenvalue weighted by Gasteiger charge is 2.14. The van der Waals surface area contributed by atoms with Crippen LogP contribution in [0.2, 0.25) is 0 Å². The van der Waals surface area contributed by atoms with Gasteiger partial charge in [0.25, 0.3) is 0 Å². The zero-order chi connectivity index (χ0) is 13.0. The van der Waals surface area contributed by atoms with Gasteiger partial charge < -0.3 is 15.4 Å². The number of nitrogens with zero attached hydrogens (tertiary/aromatic N) is 2. The maximum Gasteiger partial charge on any atom is 0.320 e. The first-order chi connectivity index (χ1) is 7.90. The van der Waals surface area contributed by atoms with Crippen molar-refractivity contribution in [1.29, 1.82) is 0 Å². The van der Waals surface area contributed by atoms with Gasteiger partial charge in [-0.1, -0.05) is 7.80 Å². The SMILES string of the molecule is BP(C)C(=O)Cn1cnc(C[C@H](N)C(=O)O)c1. The summed E-state index contributed by atoms with van der Waals surface area (Å²) in [4.78, 5) is 26.1. The monoisotopic (exact) mass is 255 g/mol. The van der Waals surface area contributed by atoms with Gasteiger partial charge >= 0.3 is 5.97 Å². The maximum atomic E-state index is 11.5. The van der Waals surface area contributed by atoms with Crippen LogP contribution in [0.3, 0.4) is 0 Å². The van der Waals surface area contributed by atoms with Crippen molar-refractivity contribution >= 4 is 26.9 Å². The fraction of sp³-hybridized carbons (Fsp3) is 0.444. The Balaban J connectivity index is 2.59. The Labute approximate surface area is 101 Å². The number of nitrogens with two attached hydrogens (primary N) is 1. The number of carboxylic acids is 1. The number of imidazole rings is 1. The number of carbonyl (C=O) groups is 2. The van der Waals surface area contributed by atoms with Crippen molar-refractivity contribution in [2.45, 2.75) is 19.0 Å². The van der Waals surface area contributed by atoms with Gasteiger partial charge in [-0.15, -0.1) is 0 Å². The molecule has 2 atom stereocenters. The van der Waals surface area contributed by atoms with Crippen molar-refractivity contribution in [2.24, 2.45) is 5.73 Å². The van der Waals surface area contributed by atoms with Crippen LogP contribution in [0.1, 0.15) is 5.69 Å². The number of aliphatic carboxylic acids is 1. The van der Waals surface area contributed by atoms with Gasteiger partial charge in [-0.25, -0.2) is 4.98 Å². The second kappa shape index (κ2) is 5.93. The third-order valence-electron chi connectivity index (χ3n) is 2.25. The molecule has 0 radical (unpaired) electrons. The highest BCUT2D eigenvalue weighted by molar-refractivity contribution is 7.94. The van der Waals surface area contributed by atoms with Crippen LogP contribution in [-0.4, -0.2) is 46.4 Å². The molecule has 17 heavy (non-hydrogen) atoms. The van der Waals surface area contributed by atoms with Crippen LogP contribution in [-0.2, 0) is 22.6 Å². The van der Waals surface area contributed by atoms with Crippen molar-refractivity contribution in [3.8, 4) is 0 Å². The number of aromatic nitrogens is 2. The topological polar surface area (TPSA) is 98.2 Å². The Hall–Kier alpha value is -1.20. The van der Waals surface area contributed by atoms with E-state index in [1.165, 1.54) is 6.33 Å². The van der Waals surface area contributed by atoms with Crippen molar-refractivity contribution in [3.63, 3.8) is 0 Å². The molecule has 1 rings (SSSR count). The molecule has 8 heteroatoms. The molecule has 1 aromatic rings. The molecule has 1 heterocycles. The molecule has 0 fully saturated rings. The molecule has 92 valence electrons. The molecular weight excluding hydrogens is 240 g/mol. The van der Waals surface area contributed by atoms with E-state index >= 15 is 0 Å². The van der Waals surface area contributed by atoms with E-state index in [0.717, 1.165) is 0 Å². The molecule has 0 aliphatic rings. The maximum absolute atomic E-state index is 11.5. The quantitative estimate of drug-likeness (QED) is 0.503. The summed E-state index contributed by atoms with van der Waals surface area (Å²) in [7, 11) is 1.29. The number of carbonyl (C=O) groups excluding carboxylic acids is 1. The molecule has 0 aromatic carbocycles. The highest BCUT2D eigenvalue weighted by atomic mass is 31.1. The Morgan fingerprint density at radius 2 is 2.35 bits per heavy atom. The molecule has 3 N–H and O–H groups in total. The van der Waals surface area contributed by atoms with Crippen LogP contribution in [0.15, 0.2) is 12.5 Å². The van der Waals surface area contributed by atoms with Crippen LogP contribution in [0.4, 0.5) is 0 Å². The van der Waals surface area contributed by atoms with E-state index in [-0.39, 0.29) is 18.5 Å². The van der Waals surface area contributed by atoms with Gasteiger partial charge in [-0.3, -0.25) is 9.59 Å². The fourth-order valence-electron chi connectivity index (χ4n) is 1.21. The predicted octanol–water partition coefficient (Wildman–Crippen LogP) is -0.976. The molecule has 0 saturated carbocycles. The molecule has 6 nitrogen and oxygen atoms in total. The predicted molar refractivity (Wildman–Crippen MR) is 67.9 cm³/mol. The molecule has 0 amide bonds. The molecule has 0 spiro atoms. The minimum absolute atomic E-state index is 0.170. The van der Waals surface area contributed by atoms with Gasteiger partial charge in [-0.2, -0.15) is 0 Å². The first-order valence-corrected chi connectivity index (χ1v) is 7.33. The lowest BCUT2D eigenvalue weighted by atomic mass is 10.2. The summed E-state index contributed by atoms with van der Waals surface area (Å²) in [6.07, 6.45) is 3.36. The Bertz CT molecular complexity index is 421. The molecule has 0 aliphatic heterocycles. The fourth-order valence-corrected chi connectivity index (χ4v) is 1.65. The second-order valence-corrected chi connectivity index (χ2v) is 6.26. The zero-order valence-electron chi connectivity index (χ0n) is 9.83. The molecule has 1 unspecified atom stereocenters. The van der Waals surface area contributed by atoms with Crippen LogP contribution >= 0.6 is 7.80 Å². The Morgan fingerprint density at radius 3 is 2.88 bits per heavy atom. The van der Waals surface area contributed by atoms with Gasteiger partial charge in [0.05, 0.1) is 18.6 Å². The van der Waals surface area contributed by atoms with E-state index in [9.17, 15) is 9.59 Å². The lowest BCUT2D eigenvalue weighted by molar-refractivity contribution is -0.138. The molecule has 0 saturated heterocycles. The zero-order valence-corrected chi connectivity index (χ0v) is 10.7. The Morgan fingerprint density at radius 1 is 1.71 bits per heavy atom. The van der Waals surface area contributed by atoms with E-state index in [1.807, 2.05) is 14.2 Å². The van der Waals surface area contributed by atoms with Crippen LogP contribution in [0.25, 0.3) is 0 Å². The second-order valence-electron chi connectivity index (χ2n) is 3.97. The summed E-state index contributed by atoms with van der Waals surface area (Å²) < 4.78 is 1.66. The number of carboxylic acid groups (broad SMARTS) is 1. The number of rotatable bonds is 6. The normalized spacial score (nSPS) is 14.2. The van der Waals surface area contributed by atoms with Gasteiger partial charge in [-0.05, 0) is 6.66 Å². The van der Waals surface area contributed by atoms with Crippen LogP contribution in [0, 0.1) is 0 Å². The average Bonchev–Trinajstić information content (AvgIpc) is 2.65. The van der Waals surface area contributed by atoms with E-state index in [2.05, 4.69) is 4.98 Å². The smallest absolute Gasteiger partial charge is 0.320 e. The van der Waals surface area contributed by atoms with E-state index in [4.69, 9.17) is 10.8 Å². The minimum Gasteiger partial charge on any atom is -0.480 e. The third kappa shape index (κ3) is 4.28. The molecular formula is C9H15BN3O3P. The lowest BCUT2D eigenvalue weighted by Gasteiger charge is -2.05. The summed E-state index contributed by atoms with van der Waals surface area (Å²) in [6, 6.07) is -0.955. The molecule has 0 bridgehead atoms. The van der Waals surface area contributed by atoms with Crippen molar-refractivity contribution in [2.75, 3.05) is 6.66 Å². The molecule has 0 aliphatic carbocycles. The van der Waals surface area contributed by atoms with Gasteiger partial charge in [0.15, 0.2) is 5.52 Å². The summed E-state index contributed by atoms with van der Waals surface area (Å²) in [5.74, 6) is -1.05. The largest absolute Gasteiger partial charge is 0.480 e. The van der Waals surface area contributed by atoms with Crippen LogP contribution in [0.5, 0.6) is 0 Å². The summed E-state index contributed by atoms with van der Waals surface area (Å²) in [5, 5.41) is 8.66. The van der Waals surface area contributed by atoms with Gasteiger partial charge in [0, 0.05) is 12.6 Å². The first kappa shape index (κ1) is 13.9. The number of hydrogen-bond acceptors (Lipinski definition) is 4. The summed E-state index contributed by atoms with van der Waals surface area (Å²) in [5.41, 5.74) is 6.15. The van der Waals surface area contributed by atoms with Crippen LogP contribution < -0.4 is 5.73 Å². The number of hydrogen-bond donors (Lipinski definition) is 2. The standard InChI is InChI=1S/C9H15BN3O3P/c1-17(10)8(14)4-13-3-6(12-5-13)2-7(11)9(15)16/h3,5,7H,2,4,10-11H2,1H3,(H,15,16)/t7-,17?/m0/s1. The Kier molecular flexibility index (Phi) is 4.84. The summed E-state index contributed by atoms with van der Waals surface area (Å²) in [6.45, 7) is 2.18. The molecule has 1 aromatic heterocycles.